The predicted octanol–water partition coefficient (Wildman–Crippen LogP) is 3.43. The Kier molecular flexibility index (Phi) is 3.70. The number of rotatable bonds is 4. The Hall–Kier alpha value is -1.18. The SMILES string of the molecule is CCCN(c1ccccc1N)C1CCCC1. The van der Waals surface area contributed by atoms with Crippen LogP contribution >= 0.6 is 0 Å². The molecular weight excluding hydrogens is 196 g/mol. The minimum absolute atomic E-state index is 0.713. The number of para-hydroxylation sites is 2. The summed E-state index contributed by atoms with van der Waals surface area (Å²) in [6, 6.07) is 8.97. The molecule has 16 heavy (non-hydrogen) atoms. The Balaban J connectivity index is 2.21. The molecule has 0 heterocycles. The highest BCUT2D eigenvalue weighted by Gasteiger charge is 2.23. The predicted molar refractivity (Wildman–Crippen MR) is 70.7 cm³/mol. The van der Waals surface area contributed by atoms with Crippen LogP contribution in [0.15, 0.2) is 24.3 Å². The molecule has 0 unspecified atom stereocenters. The van der Waals surface area contributed by atoms with Crippen LogP contribution in [0.5, 0.6) is 0 Å². The van der Waals surface area contributed by atoms with Gasteiger partial charge >= 0.3 is 0 Å². The van der Waals surface area contributed by atoms with E-state index >= 15 is 0 Å². The lowest BCUT2D eigenvalue weighted by molar-refractivity contribution is 0.601. The van der Waals surface area contributed by atoms with Gasteiger partial charge in [0.05, 0.1) is 11.4 Å². The van der Waals surface area contributed by atoms with Crippen molar-refractivity contribution in [2.24, 2.45) is 0 Å². The second kappa shape index (κ2) is 5.24. The summed E-state index contributed by atoms with van der Waals surface area (Å²) in [5.41, 5.74) is 8.23. The molecular formula is C14H22N2. The maximum absolute atomic E-state index is 6.08. The molecule has 1 aromatic carbocycles. The molecule has 1 aliphatic carbocycles. The Morgan fingerprint density at radius 2 is 1.94 bits per heavy atom. The Labute approximate surface area is 98.4 Å². The third kappa shape index (κ3) is 2.31. The number of nitrogen functional groups attached to an aromatic ring is 1. The fourth-order valence-electron chi connectivity index (χ4n) is 2.71. The number of nitrogens with two attached hydrogens (primary N) is 1. The average molecular weight is 218 g/mol. The largest absolute Gasteiger partial charge is 0.397 e. The number of nitrogens with zero attached hydrogens (tertiary/aromatic N) is 1. The van der Waals surface area contributed by atoms with E-state index in [1.165, 1.54) is 37.8 Å². The summed E-state index contributed by atoms with van der Waals surface area (Å²) in [6.07, 6.45) is 6.59. The van der Waals surface area contributed by atoms with Crippen LogP contribution in [0, 0.1) is 0 Å². The molecule has 0 atom stereocenters. The molecule has 1 aromatic rings. The second-order valence-electron chi connectivity index (χ2n) is 4.69. The molecule has 2 nitrogen and oxygen atoms in total. The third-order valence-corrected chi connectivity index (χ3v) is 3.48. The topological polar surface area (TPSA) is 29.3 Å². The molecule has 1 fully saturated rings. The molecule has 0 aliphatic heterocycles. The Bertz CT molecular complexity index is 329. The maximum atomic E-state index is 6.08. The van der Waals surface area contributed by atoms with Crippen LogP contribution in [0.1, 0.15) is 39.0 Å². The van der Waals surface area contributed by atoms with E-state index in [9.17, 15) is 0 Å². The van der Waals surface area contributed by atoms with Crippen LogP contribution in [0.2, 0.25) is 0 Å². The zero-order valence-corrected chi connectivity index (χ0v) is 10.2. The first-order valence-corrected chi connectivity index (χ1v) is 6.44. The summed E-state index contributed by atoms with van der Waals surface area (Å²) in [4.78, 5) is 2.52. The summed E-state index contributed by atoms with van der Waals surface area (Å²) in [6.45, 7) is 3.36. The Morgan fingerprint density at radius 3 is 2.56 bits per heavy atom. The number of hydrogen-bond donors (Lipinski definition) is 1. The summed E-state index contributed by atoms with van der Waals surface area (Å²) in [5.74, 6) is 0. The zero-order chi connectivity index (χ0) is 11.4. The lowest BCUT2D eigenvalue weighted by atomic mass is 10.1. The molecule has 0 radical (unpaired) electrons. The molecule has 0 saturated heterocycles. The minimum atomic E-state index is 0.713. The first kappa shape index (κ1) is 11.3. The van der Waals surface area contributed by atoms with Gasteiger partial charge < -0.3 is 10.6 Å². The van der Waals surface area contributed by atoms with E-state index < -0.39 is 0 Å². The molecule has 0 bridgehead atoms. The van der Waals surface area contributed by atoms with Crippen LogP contribution in [-0.2, 0) is 0 Å². The van der Waals surface area contributed by atoms with Crippen molar-refractivity contribution in [1.82, 2.24) is 0 Å². The minimum Gasteiger partial charge on any atom is -0.397 e. The van der Waals surface area contributed by atoms with Crippen molar-refractivity contribution in [3.8, 4) is 0 Å². The molecule has 0 amide bonds. The van der Waals surface area contributed by atoms with Crippen LogP contribution in [0.3, 0.4) is 0 Å². The van der Waals surface area contributed by atoms with Gasteiger partial charge in [0.2, 0.25) is 0 Å². The van der Waals surface area contributed by atoms with Crippen molar-refractivity contribution in [3.63, 3.8) is 0 Å². The van der Waals surface area contributed by atoms with Gasteiger partial charge in [0.15, 0.2) is 0 Å². The van der Waals surface area contributed by atoms with Crippen molar-refractivity contribution in [3.05, 3.63) is 24.3 Å². The van der Waals surface area contributed by atoms with E-state index in [-0.39, 0.29) is 0 Å². The lowest BCUT2D eigenvalue weighted by Gasteiger charge is -2.31. The van der Waals surface area contributed by atoms with Crippen LogP contribution in [0.25, 0.3) is 0 Å². The van der Waals surface area contributed by atoms with E-state index in [1.807, 2.05) is 12.1 Å². The van der Waals surface area contributed by atoms with Gasteiger partial charge in [-0.05, 0) is 31.4 Å². The van der Waals surface area contributed by atoms with Gasteiger partial charge in [-0.25, -0.2) is 0 Å². The summed E-state index contributed by atoms with van der Waals surface area (Å²) < 4.78 is 0. The van der Waals surface area contributed by atoms with Gasteiger partial charge in [-0.3, -0.25) is 0 Å². The summed E-state index contributed by atoms with van der Waals surface area (Å²) >= 11 is 0. The molecule has 1 aliphatic rings. The van der Waals surface area contributed by atoms with E-state index in [0.717, 1.165) is 12.2 Å². The highest BCUT2D eigenvalue weighted by Crippen LogP contribution is 2.31. The lowest BCUT2D eigenvalue weighted by Crippen LogP contribution is -2.34. The van der Waals surface area contributed by atoms with Crippen molar-refractivity contribution >= 4 is 11.4 Å². The number of benzene rings is 1. The molecule has 88 valence electrons. The second-order valence-corrected chi connectivity index (χ2v) is 4.69. The monoisotopic (exact) mass is 218 g/mol. The van der Waals surface area contributed by atoms with E-state index in [2.05, 4.69) is 24.0 Å². The fourth-order valence-corrected chi connectivity index (χ4v) is 2.71. The smallest absolute Gasteiger partial charge is 0.0602 e. The fraction of sp³-hybridized carbons (Fsp3) is 0.571. The highest BCUT2D eigenvalue weighted by atomic mass is 15.2. The molecule has 2 N–H and O–H groups in total. The van der Waals surface area contributed by atoms with Gasteiger partial charge in [0, 0.05) is 12.6 Å². The molecule has 2 heteroatoms. The van der Waals surface area contributed by atoms with Crippen molar-refractivity contribution in [1.29, 1.82) is 0 Å². The molecule has 1 saturated carbocycles. The molecule has 2 rings (SSSR count). The Morgan fingerprint density at radius 1 is 1.25 bits per heavy atom. The maximum Gasteiger partial charge on any atom is 0.0602 e. The molecule has 0 aromatic heterocycles. The van der Waals surface area contributed by atoms with E-state index in [1.54, 1.807) is 0 Å². The first-order chi connectivity index (χ1) is 7.83. The van der Waals surface area contributed by atoms with Crippen molar-refractivity contribution in [2.45, 2.75) is 45.1 Å². The van der Waals surface area contributed by atoms with Crippen LogP contribution in [0.4, 0.5) is 11.4 Å². The quantitative estimate of drug-likeness (QED) is 0.784. The van der Waals surface area contributed by atoms with Gasteiger partial charge in [0.25, 0.3) is 0 Å². The zero-order valence-electron chi connectivity index (χ0n) is 10.2. The normalized spacial score (nSPS) is 16.6. The van der Waals surface area contributed by atoms with E-state index in [4.69, 9.17) is 5.73 Å². The van der Waals surface area contributed by atoms with Crippen molar-refractivity contribution in [2.75, 3.05) is 17.2 Å². The standard InChI is InChI=1S/C14H22N2/c1-2-11-16(12-7-3-4-8-12)14-10-6-5-9-13(14)15/h5-6,9-10,12H,2-4,7-8,11,15H2,1H3. The van der Waals surface area contributed by atoms with Gasteiger partial charge in [-0.15, -0.1) is 0 Å². The highest BCUT2D eigenvalue weighted by molar-refractivity contribution is 5.67. The number of anilines is 2. The van der Waals surface area contributed by atoms with Crippen molar-refractivity contribution < 1.29 is 0 Å². The van der Waals surface area contributed by atoms with Crippen LogP contribution < -0.4 is 10.6 Å². The average Bonchev–Trinajstić information content (AvgIpc) is 2.80. The summed E-state index contributed by atoms with van der Waals surface area (Å²) in [5, 5.41) is 0. The third-order valence-electron chi connectivity index (χ3n) is 3.48. The first-order valence-electron chi connectivity index (χ1n) is 6.44. The molecule has 0 spiro atoms. The van der Waals surface area contributed by atoms with Gasteiger partial charge in [-0.2, -0.15) is 0 Å². The number of hydrogen-bond acceptors (Lipinski definition) is 2. The van der Waals surface area contributed by atoms with E-state index in [0.29, 0.717) is 6.04 Å². The summed E-state index contributed by atoms with van der Waals surface area (Å²) in [7, 11) is 0. The van der Waals surface area contributed by atoms with Gasteiger partial charge in [-0.1, -0.05) is 31.9 Å². The van der Waals surface area contributed by atoms with Crippen LogP contribution in [-0.4, -0.2) is 12.6 Å². The van der Waals surface area contributed by atoms with Gasteiger partial charge in [0.1, 0.15) is 0 Å².